The van der Waals surface area contributed by atoms with Crippen molar-refractivity contribution < 1.29 is 4.74 Å². The first-order valence-corrected chi connectivity index (χ1v) is 6.26. The molecule has 0 fully saturated rings. The normalized spacial score (nSPS) is 10.3. The summed E-state index contributed by atoms with van der Waals surface area (Å²) >= 11 is 14.9. The zero-order chi connectivity index (χ0) is 12.3. The largest absolute Gasteiger partial charge is 0.485 e. The Balaban J connectivity index is 2.09. The third kappa shape index (κ3) is 3.56. The molecule has 3 nitrogen and oxygen atoms in total. The van der Waals surface area contributed by atoms with Gasteiger partial charge in [0.25, 0.3) is 0 Å². The fourth-order valence-electron chi connectivity index (χ4n) is 1.23. The molecule has 2 rings (SSSR count). The Morgan fingerprint density at radius 2 is 2.00 bits per heavy atom. The molecule has 88 valence electrons. The van der Waals surface area contributed by atoms with E-state index in [-0.39, 0.29) is 10.3 Å². The maximum atomic E-state index is 5.83. The van der Waals surface area contributed by atoms with Crippen molar-refractivity contribution in [2.75, 3.05) is 0 Å². The lowest BCUT2D eigenvalue weighted by Gasteiger charge is -2.07. The van der Waals surface area contributed by atoms with Gasteiger partial charge in [0.2, 0.25) is 0 Å². The van der Waals surface area contributed by atoms with E-state index in [0.29, 0.717) is 12.4 Å². The van der Waals surface area contributed by atoms with Crippen molar-refractivity contribution in [2.45, 2.75) is 6.61 Å². The van der Waals surface area contributed by atoms with Crippen LogP contribution in [0, 0.1) is 0 Å². The lowest BCUT2D eigenvalue weighted by atomic mass is 10.2. The quantitative estimate of drug-likeness (QED) is 0.847. The topological polar surface area (TPSA) is 35.0 Å². The summed E-state index contributed by atoms with van der Waals surface area (Å²) < 4.78 is 6.51. The van der Waals surface area contributed by atoms with Gasteiger partial charge in [0.05, 0.1) is 0 Å². The Labute approximate surface area is 117 Å². The van der Waals surface area contributed by atoms with Crippen LogP contribution >= 0.6 is 39.1 Å². The number of rotatable bonds is 3. The van der Waals surface area contributed by atoms with Crippen molar-refractivity contribution in [1.29, 1.82) is 0 Å². The molecule has 0 unspecified atom stereocenters. The highest BCUT2D eigenvalue weighted by Crippen LogP contribution is 2.24. The van der Waals surface area contributed by atoms with E-state index in [9.17, 15) is 0 Å². The predicted octanol–water partition coefficient (Wildman–Crippen LogP) is 4.12. The average Bonchev–Trinajstić information content (AvgIpc) is 2.30. The molecule has 2 aromatic rings. The van der Waals surface area contributed by atoms with E-state index in [1.807, 2.05) is 24.3 Å². The molecular formula is C11H7BrCl2N2O. The maximum absolute atomic E-state index is 5.83. The second kappa shape index (κ2) is 5.67. The van der Waals surface area contributed by atoms with Crippen LogP contribution in [0.2, 0.25) is 10.3 Å². The Bertz CT molecular complexity index is 537. The fraction of sp³-hybridized carbons (Fsp3) is 0.0909. The van der Waals surface area contributed by atoms with Crippen LogP contribution in [0.5, 0.6) is 5.75 Å². The molecule has 1 heterocycles. The van der Waals surface area contributed by atoms with Gasteiger partial charge in [-0.1, -0.05) is 51.3 Å². The van der Waals surface area contributed by atoms with Crippen molar-refractivity contribution in [3.05, 3.63) is 50.7 Å². The Morgan fingerprint density at radius 3 is 2.76 bits per heavy atom. The lowest BCUT2D eigenvalue weighted by Crippen LogP contribution is -1.97. The first kappa shape index (κ1) is 12.6. The minimum Gasteiger partial charge on any atom is -0.485 e. The molecule has 1 aromatic carbocycles. The van der Waals surface area contributed by atoms with Crippen LogP contribution in [0.4, 0.5) is 0 Å². The molecule has 0 radical (unpaired) electrons. The Kier molecular flexibility index (Phi) is 4.20. The smallest absolute Gasteiger partial charge is 0.193 e. The van der Waals surface area contributed by atoms with Crippen molar-refractivity contribution in [3.63, 3.8) is 0 Å². The van der Waals surface area contributed by atoms with Crippen LogP contribution in [0.3, 0.4) is 0 Å². The summed E-state index contributed by atoms with van der Waals surface area (Å²) in [6.45, 7) is 0.390. The van der Waals surface area contributed by atoms with Gasteiger partial charge in [-0.15, -0.1) is 10.2 Å². The first-order chi connectivity index (χ1) is 8.15. The molecule has 0 aliphatic carbocycles. The molecule has 0 aliphatic heterocycles. The molecule has 0 saturated carbocycles. The van der Waals surface area contributed by atoms with Crippen molar-refractivity contribution in [3.8, 4) is 5.75 Å². The number of nitrogens with zero attached hydrogens (tertiary/aromatic N) is 2. The lowest BCUT2D eigenvalue weighted by molar-refractivity contribution is 0.304. The van der Waals surface area contributed by atoms with E-state index in [1.165, 1.54) is 6.07 Å². The van der Waals surface area contributed by atoms with Gasteiger partial charge in [0.1, 0.15) is 6.61 Å². The molecule has 6 heteroatoms. The van der Waals surface area contributed by atoms with Crippen LogP contribution in [-0.4, -0.2) is 10.2 Å². The average molecular weight is 334 g/mol. The van der Waals surface area contributed by atoms with E-state index in [2.05, 4.69) is 26.1 Å². The number of hydrogen-bond donors (Lipinski definition) is 0. The fourth-order valence-corrected chi connectivity index (χ4v) is 1.96. The van der Waals surface area contributed by atoms with Crippen LogP contribution < -0.4 is 4.74 Å². The molecule has 0 bridgehead atoms. The molecule has 0 aliphatic rings. The third-order valence-corrected chi connectivity index (χ3v) is 2.91. The van der Waals surface area contributed by atoms with Gasteiger partial charge in [0, 0.05) is 10.5 Å². The zero-order valence-corrected chi connectivity index (χ0v) is 11.6. The summed E-state index contributed by atoms with van der Waals surface area (Å²) in [4.78, 5) is 0. The Hall–Kier alpha value is -0.840. The molecule has 0 atom stereocenters. The molecule has 0 saturated heterocycles. The second-order valence-electron chi connectivity index (χ2n) is 3.24. The van der Waals surface area contributed by atoms with Gasteiger partial charge in [0.15, 0.2) is 16.1 Å². The highest BCUT2D eigenvalue weighted by Gasteiger charge is 2.05. The van der Waals surface area contributed by atoms with Crippen molar-refractivity contribution in [1.82, 2.24) is 10.2 Å². The summed E-state index contributed by atoms with van der Waals surface area (Å²) in [6.07, 6.45) is 0. The SMILES string of the molecule is Clc1cc(OCc2cccc(Br)c2)c(Cl)nn1. The van der Waals surface area contributed by atoms with Gasteiger partial charge in [-0.25, -0.2) is 0 Å². The van der Waals surface area contributed by atoms with E-state index in [4.69, 9.17) is 27.9 Å². The van der Waals surface area contributed by atoms with Gasteiger partial charge >= 0.3 is 0 Å². The van der Waals surface area contributed by atoms with E-state index in [0.717, 1.165) is 10.0 Å². The predicted molar refractivity (Wildman–Crippen MR) is 70.5 cm³/mol. The number of halogens is 3. The minimum absolute atomic E-state index is 0.199. The molecule has 0 spiro atoms. The minimum atomic E-state index is 0.199. The first-order valence-electron chi connectivity index (χ1n) is 4.71. The number of ether oxygens (including phenoxy) is 1. The van der Waals surface area contributed by atoms with Gasteiger partial charge in [-0.05, 0) is 17.7 Å². The molecule has 1 aromatic heterocycles. The molecule has 0 amide bonds. The summed E-state index contributed by atoms with van der Waals surface area (Å²) in [7, 11) is 0. The highest BCUT2D eigenvalue weighted by atomic mass is 79.9. The summed E-state index contributed by atoms with van der Waals surface area (Å²) in [6, 6.07) is 9.33. The maximum Gasteiger partial charge on any atom is 0.193 e. The third-order valence-electron chi connectivity index (χ3n) is 1.97. The monoisotopic (exact) mass is 332 g/mol. The zero-order valence-electron chi connectivity index (χ0n) is 8.53. The standard InChI is InChI=1S/C11H7BrCl2N2O/c12-8-3-1-2-7(4-8)6-17-9-5-10(13)15-16-11(9)14/h1-5H,6H2. The molecular weight excluding hydrogens is 327 g/mol. The van der Waals surface area contributed by atoms with Crippen LogP contribution in [0.1, 0.15) is 5.56 Å². The van der Waals surface area contributed by atoms with Gasteiger partial charge in [-0.3, -0.25) is 0 Å². The summed E-state index contributed by atoms with van der Waals surface area (Å²) in [5.41, 5.74) is 1.02. The van der Waals surface area contributed by atoms with Gasteiger partial charge in [-0.2, -0.15) is 0 Å². The number of benzene rings is 1. The molecule has 0 N–H and O–H groups in total. The van der Waals surface area contributed by atoms with Gasteiger partial charge < -0.3 is 4.74 Å². The van der Waals surface area contributed by atoms with E-state index >= 15 is 0 Å². The van der Waals surface area contributed by atoms with Crippen molar-refractivity contribution in [2.24, 2.45) is 0 Å². The van der Waals surface area contributed by atoms with Crippen LogP contribution in [-0.2, 0) is 6.61 Å². The van der Waals surface area contributed by atoms with Crippen LogP contribution in [0.25, 0.3) is 0 Å². The van der Waals surface area contributed by atoms with E-state index in [1.54, 1.807) is 0 Å². The highest BCUT2D eigenvalue weighted by molar-refractivity contribution is 9.10. The van der Waals surface area contributed by atoms with Crippen molar-refractivity contribution >= 4 is 39.1 Å². The summed E-state index contributed by atoms with van der Waals surface area (Å²) in [5, 5.41) is 7.71. The number of hydrogen-bond acceptors (Lipinski definition) is 3. The van der Waals surface area contributed by atoms with E-state index < -0.39 is 0 Å². The Morgan fingerprint density at radius 1 is 1.18 bits per heavy atom. The second-order valence-corrected chi connectivity index (χ2v) is 4.90. The summed E-state index contributed by atoms with van der Waals surface area (Å²) in [5.74, 6) is 0.423. The molecule has 17 heavy (non-hydrogen) atoms. The van der Waals surface area contributed by atoms with Crippen LogP contribution in [0.15, 0.2) is 34.8 Å². The number of aromatic nitrogens is 2.